The summed E-state index contributed by atoms with van der Waals surface area (Å²) in [5, 5.41) is 0.783. The highest BCUT2D eigenvalue weighted by Gasteiger charge is 2.33. The number of halogens is 1. The van der Waals surface area contributed by atoms with E-state index in [9.17, 15) is 18.0 Å². The van der Waals surface area contributed by atoms with Gasteiger partial charge in [-0.25, -0.2) is 13.2 Å². The van der Waals surface area contributed by atoms with Crippen LogP contribution in [0.3, 0.4) is 0 Å². The summed E-state index contributed by atoms with van der Waals surface area (Å²) in [4.78, 5) is 25.8. The summed E-state index contributed by atoms with van der Waals surface area (Å²) in [7, 11) is -1.57. The number of aryl methyl sites for hydroxylation is 1. The second kappa shape index (κ2) is 7.03. The lowest BCUT2D eigenvalue weighted by atomic mass is 10.1. The molecule has 1 fully saturated rings. The van der Waals surface area contributed by atoms with Crippen LogP contribution in [0.2, 0.25) is 0 Å². The van der Waals surface area contributed by atoms with Crippen molar-refractivity contribution in [2.75, 3.05) is 25.2 Å². The molecule has 0 aliphatic carbocycles. The predicted molar refractivity (Wildman–Crippen MR) is 98.8 cm³/mol. The number of hydrogen-bond acceptors (Lipinski definition) is 6. The number of rotatable bonds is 4. The predicted octanol–water partition coefficient (Wildman–Crippen LogP) is 2.31. The Balaban J connectivity index is 1.65. The maximum Gasteiger partial charge on any atom is 0.375 e. The number of fused-ring (bicyclic) bond motifs is 1. The fourth-order valence-electron chi connectivity index (χ4n) is 2.97. The van der Waals surface area contributed by atoms with Gasteiger partial charge in [-0.3, -0.25) is 4.79 Å². The standard InChI is InChI=1S/C17H18BrNO6S/c1-10-13-7-11(18)3-4-14(13)25-16(10)17(21)24-8-15(20)19(2)12-5-6-26(22,23)9-12/h3-4,7,12H,5-6,8-9H2,1-2H3/t12-/m1/s1. The van der Waals surface area contributed by atoms with Crippen LogP contribution in [0.1, 0.15) is 22.5 Å². The number of hydrogen-bond donors (Lipinski definition) is 0. The first-order valence-corrected chi connectivity index (χ1v) is 10.6. The van der Waals surface area contributed by atoms with E-state index in [4.69, 9.17) is 9.15 Å². The fourth-order valence-corrected chi connectivity index (χ4v) is 5.10. The van der Waals surface area contributed by atoms with Crippen LogP contribution in [0, 0.1) is 6.92 Å². The Morgan fingerprint density at radius 2 is 2.12 bits per heavy atom. The van der Waals surface area contributed by atoms with E-state index in [0.717, 1.165) is 9.86 Å². The lowest BCUT2D eigenvalue weighted by Crippen LogP contribution is -2.40. The Hall–Kier alpha value is -1.87. The number of carbonyl (C=O) groups is 2. The van der Waals surface area contributed by atoms with Gasteiger partial charge in [0.15, 0.2) is 16.4 Å². The quantitative estimate of drug-likeness (QED) is 0.672. The minimum Gasteiger partial charge on any atom is -0.450 e. The summed E-state index contributed by atoms with van der Waals surface area (Å²) in [5.41, 5.74) is 1.19. The van der Waals surface area contributed by atoms with Gasteiger partial charge in [0.2, 0.25) is 5.76 Å². The normalized spacial score (nSPS) is 18.8. The molecular formula is C17H18BrNO6S. The average Bonchev–Trinajstić information content (AvgIpc) is 3.11. The van der Waals surface area contributed by atoms with Crippen LogP contribution in [0.5, 0.6) is 0 Å². The number of nitrogens with zero attached hydrogens (tertiary/aromatic N) is 1. The van der Waals surface area contributed by atoms with Crippen molar-refractivity contribution >= 4 is 48.6 Å². The third kappa shape index (κ3) is 3.78. The maximum atomic E-state index is 12.3. The molecule has 3 rings (SSSR count). The van der Waals surface area contributed by atoms with Crippen molar-refractivity contribution in [3.63, 3.8) is 0 Å². The summed E-state index contributed by atoms with van der Waals surface area (Å²) in [6.45, 7) is 1.28. The van der Waals surface area contributed by atoms with Gasteiger partial charge in [-0.1, -0.05) is 15.9 Å². The van der Waals surface area contributed by atoms with E-state index in [-0.39, 0.29) is 23.3 Å². The van der Waals surface area contributed by atoms with Crippen molar-refractivity contribution in [1.82, 2.24) is 4.90 Å². The Kier molecular flexibility index (Phi) is 5.12. The van der Waals surface area contributed by atoms with Crippen LogP contribution in [-0.4, -0.2) is 56.4 Å². The van der Waals surface area contributed by atoms with E-state index in [0.29, 0.717) is 17.6 Å². The van der Waals surface area contributed by atoms with E-state index in [1.807, 2.05) is 6.07 Å². The molecule has 1 aromatic heterocycles. The zero-order valence-electron chi connectivity index (χ0n) is 14.3. The summed E-state index contributed by atoms with van der Waals surface area (Å²) < 4.78 is 34.5. The number of ether oxygens (including phenoxy) is 1. The highest BCUT2D eigenvalue weighted by Crippen LogP contribution is 2.28. The number of carbonyl (C=O) groups excluding carboxylic acids is 2. The molecule has 140 valence electrons. The molecule has 1 saturated heterocycles. The maximum absolute atomic E-state index is 12.3. The summed E-state index contributed by atoms with van der Waals surface area (Å²) in [5.74, 6) is -1.10. The molecule has 1 aliphatic heterocycles. The van der Waals surface area contributed by atoms with Gasteiger partial charge < -0.3 is 14.1 Å². The first kappa shape index (κ1) is 18.9. The van der Waals surface area contributed by atoms with Crippen molar-refractivity contribution in [2.45, 2.75) is 19.4 Å². The van der Waals surface area contributed by atoms with E-state index in [2.05, 4.69) is 15.9 Å². The Morgan fingerprint density at radius 1 is 1.38 bits per heavy atom. The van der Waals surface area contributed by atoms with Gasteiger partial charge in [0.05, 0.1) is 11.5 Å². The Bertz CT molecular complexity index is 981. The van der Waals surface area contributed by atoms with Crippen LogP contribution in [0.25, 0.3) is 11.0 Å². The summed E-state index contributed by atoms with van der Waals surface area (Å²) in [6.07, 6.45) is 0.399. The molecule has 1 amide bonds. The molecule has 26 heavy (non-hydrogen) atoms. The van der Waals surface area contributed by atoms with Crippen LogP contribution >= 0.6 is 15.9 Å². The van der Waals surface area contributed by atoms with Crippen molar-refractivity contribution in [3.05, 3.63) is 34.0 Å². The number of amides is 1. The SMILES string of the molecule is Cc1c(C(=O)OCC(=O)N(C)[C@@H]2CCS(=O)(=O)C2)oc2ccc(Br)cc12. The molecule has 1 atom stereocenters. The molecule has 2 heterocycles. The molecule has 0 bridgehead atoms. The first-order valence-electron chi connectivity index (χ1n) is 8.00. The summed E-state index contributed by atoms with van der Waals surface area (Å²) >= 11 is 3.37. The van der Waals surface area contributed by atoms with E-state index >= 15 is 0 Å². The number of esters is 1. The van der Waals surface area contributed by atoms with Gasteiger partial charge in [-0.05, 0) is 31.5 Å². The molecule has 2 aromatic rings. The molecule has 0 radical (unpaired) electrons. The van der Waals surface area contributed by atoms with Crippen LogP contribution in [0.4, 0.5) is 0 Å². The Morgan fingerprint density at radius 3 is 2.77 bits per heavy atom. The minimum absolute atomic E-state index is 0.0528. The number of likely N-dealkylation sites (N-methyl/N-ethyl adjacent to an activating group) is 1. The lowest BCUT2D eigenvalue weighted by Gasteiger charge is -2.23. The smallest absolute Gasteiger partial charge is 0.375 e. The van der Waals surface area contributed by atoms with Crippen molar-refractivity contribution < 1.29 is 27.2 Å². The number of furan rings is 1. The fraction of sp³-hybridized carbons (Fsp3) is 0.412. The van der Waals surface area contributed by atoms with Gasteiger partial charge in [0.1, 0.15) is 5.58 Å². The zero-order valence-corrected chi connectivity index (χ0v) is 16.7. The topological polar surface area (TPSA) is 93.9 Å². The van der Waals surface area contributed by atoms with Crippen molar-refractivity contribution in [1.29, 1.82) is 0 Å². The lowest BCUT2D eigenvalue weighted by molar-refractivity contribution is -0.134. The van der Waals surface area contributed by atoms with Gasteiger partial charge in [0, 0.05) is 28.5 Å². The molecule has 0 spiro atoms. The third-order valence-corrected chi connectivity index (χ3v) is 6.80. The van der Waals surface area contributed by atoms with Gasteiger partial charge in [-0.2, -0.15) is 0 Å². The van der Waals surface area contributed by atoms with Crippen LogP contribution < -0.4 is 0 Å². The second-order valence-corrected chi connectivity index (χ2v) is 9.48. The molecule has 0 unspecified atom stereocenters. The van der Waals surface area contributed by atoms with Crippen LogP contribution in [0.15, 0.2) is 27.1 Å². The first-order chi connectivity index (χ1) is 12.2. The van der Waals surface area contributed by atoms with E-state index < -0.39 is 28.3 Å². The van der Waals surface area contributed by atoms with Gasteiger partial charge in [-0.15, -0.1) is 0 Å². The molecule has 0 saturated carbocycles. The van der Waals surface area contributed by atoms with Crippen molar-refractivity contribution in [2.24, 2.45) is 0 Å². The zero-order chi connectivity index (χ0) is 19.1. The van der Waals surface area contributed by atoms with Crippen LogP contribution in [-0.2, 0) is 19.4 Å². The largest absolute Gasteiger partial charge is 0.450 e. The van der Waals surface area contributed by atoms with Gasteiger partial charge in [0.25, 0.3) is 5.91 Å². The molecule has 0 N–H and O–H groups in total. The monoisotopic (exact) mass is 443 g/mol. The summed E-state index contributed by atoms with van der Waals surface area (Å²) in [6, 6.07) is 5.00. The molecule has 9 heteroatoms. The molecule has 7 nitrogen and oxygen atoms in total. The minimum atomic E-state index is -3.09. The Labute approximate surface area is 159 Å². The van der Waals surface area contributed by atoms with E-state index in [1.165, 1.54) is 11.9 Å². The molecular weight excluding hydrogens is 426 g/mol. The highest BCUT2D eigenvalue weighted by molar-refractivity contribution is 9.10. The average molecular weight is 444 g/mol. The number of benzene rings is 1. The second-order valence-electron chi connectivity index (χ2n) is 6.33. The highest BCUT2D eigenvalue weighted by atomic mass is 79.9. The molecule has 1 aromatic carbocycles. The van der Waals surface area contributed by atoms with E-state index in [1.54, 1.807) is 19.1 Å². The van der Waals surface area contributed by atoms with Gasteiger partial charge >= 0.3 is 5.97 Å². The van der Waals surface area contributed by atoms with Crippen molar-refractivity contribution in [3.8, 4) is 0 Å². The third-order valence-electron chi connectivity index (χ3n) is 4.56. The molecule has 1 aliphatic rings. The number of sulfone groups is 1.